The summed E-state index contributed by atoms with van der Waals surface area (Å²) < 4.78 is 24.0. The number of carbonyl (C=O) groups is 3. The number of benzene rings is 2. The van der Waals surface area contributed by atoms with Crippen molar-refractivity contribution in [2.24, 2.45) is 0 Å². The van der Waals surface area contributed by atoms with Crippen molar-refractivity contribution in [2.75, 3.05) is 44.0 Å². The Labute approximate surface area is 172 Å². The standard InChI is InChI=1S/C20H21FN4O5/c1-25(11-18(26)22-14-4-2-3-13(21)9-14)12-19(27)24-20(28)23-15-5-6-16-17(10-15)30-8-7-29-16/h2-6,9-10H,7-8,11-12H2,1H3,(H,22,26)(H2,23,24,27,28). The molecule has 4 amide bonds. The van der Waals surface area contributed by atoms with Gasteiger partial charge in [-0.1, -0.05) is 6.07 Å². The maximum Gasteiger partial charge on any atom is 0.325 e. The molecule has 0 radical (unpaired) electrons. The molecule has 10 heteroatoms. The minimum Gasteiger partial charge on any atom is -0.486 e. The molecule has 0 unspecified atom stereocenters. The van der Waals surface area contributed by atoms with E-state index in [0.717, 1.165) is 0 Å². The third-order valence-corrected chi connectivity index (χ3v) is 3.99. The van der Waals surface area contributed by atoms with Crippen molar-refractivity contribution in [3.05, 3.63) is 48.3 Å². The summed E-state index contributed by atoms with van der Waals surface area (Å²) in [5.41, 5.74) is 0.754. The number of likely N-dealkylation sites (N-methyl/N-ethyl adjacent to an activating group) is 1. The molecule has 1 aliphatic heterocycles. The van der Waals surface area contributed by atoms with E-state index in [1.165, 1.54) is 23.1 Å². The lowest BCUT2D eigenvalue weighted by atomic mass is 10.2. The summed E-state index contributed by atoms with van der Waals surface area (Å²) in [4.78, 5) is 37.5. The van der Waals surface area contributed by atoms with Crippen LogP contribution in [0.3, 0.4) is 0 Å². The molecule has 3 N–H and O–H groups in total. The van der Waals surface area contributed by atoms with Crippen molar-refractivity contribution in [3.63, 3.8) is 0 Å². The summed E-state index contributed by atoms with van der Waals surface area (Å²) in [6.07, 6.45) is 0. The molecule has 0 aromatic heterocycles. The van der Waals surface area contributed by atoms with Crippen LogP contribution in [0.5, 0.6) is 11.5 Å². The molecule has 2 aromatic carbocycles. The monoisotopic (exact) mass is 416 g/mol. The van der Waals surface area contributed by atoms with Gasteiger partial charge in [0.1, 0.15) is 19.0 Å². The van der Waals surface area contributed by atoms with Crippen LogP contribution >= 0.6 is 0 Å². The van der Waals surface area contributed by atoms with Crippen LogP contribution in [-0.2, 0) is 9.59 Å². The molecular weight excluding hydrogens is 395 g/mol. The second-order valence-corrected chi connectivity index (χ2v) is 6.59. The fourth-order valence-electron chi connectivity index (χ4n) is 2.76. The maximum atomic E-state index is 13.1. The van der Waals surface area contributed by atoms with E-state index in [4.69, 9.17) is 9.47 Å². The van der Waals surface area contributed by atoms with Crippen molar-refractivity contribution in [3.8, 4) is 11.5 Å². The van der Waals surface area contributed by atoms with Crippen LogP contribution in [0.4, 0.5) is 20.6 Å². The fraction of sp³-hybridized carbons (Fsp3) is 0.250. The Morgan fingerprint density at radius 2 is 1.63 bits per heavy atom. The van der Waals surface area contributed by atoms with E-state index in [1.807, 2.05) is 0 Å². The van der Waals surface area contributed by atoms with Gasteiger partial charge in [0, 0.05) is 17.4 Å². The SMILES string of the molecule is CN(CC(=O)NC(=O)Nc1ccc2c(c1)OCCO2)CC(=O)Nc1cccc(F)c1. The first kappa shape index (κ1) is 21.1. The third-order valence-electron chi connectivity index (χ3n) is 3.99. The van der Waals surface area contributed by atoms with Gasteiger partial charge in [-0.2, -0.15) is 0 Å². The number of rotatable bonds is 6. The fourth-order valence-corrected chi connectivity index (χ4v) is 2.76. The summed E-state index contributed by atoms with van der Waals surface area (Å²) in [5.74, 6) is -0.386. The van der Waals surface area contributed by atoms with Crippen molar-refractivity contribution in [1.82, 2.24) is 10.2 Å². The highest BCUT2D eigenvalue weighted by Gasteiger charge is 2.15. The first-order chi connectivity index (χ1) is 14.4. The number of halogens is 1. The highest BCUT2D eigenvalue weighted by Crippen LogP contribution is 2.32. The van der Waals surface area contributed by atoms with Gasteiger partial charge >= 0.3 is 6.03 Å². The summed E-state index contributed by atoms with van der Waals surface area (Å²) >= 11 is 0. The van der Waals surface area contributed by atoms with Gasteiger partial charge in [0.2, 0.25) is 11.8 Å². The summed E-state index contributed by atoms with van der Waals surface area (Å²) in [5, 5.41) is 7.25. The number of amides is 4. The highest BCUT2D eigenvalue weighted by molar-refractivity contribution is 6.02. The molecule has 3 rings (SSSR count). The van der Waals surface area contributed by atoms with E-state index in [-0.39, 0.29) is 13.1 Å². The van der Waals surface area contributed by atoms with Gasteiger partial charge in [-0.25, -0.2) is 9.18 Å². The maximum absolute atomic E-state index is 13.1. The number of carbonyl (C=O) groups excluding carboxylic acids is 3. The largest absolute Gasteiger partial charge is 0.486 e. The Morgan fingerprint density at radius 1 is 0.933 bits per heavy atom. The lowest BCUT2D eigenvalue weighted by Crippen LogP contribution is -2.42. The number of ether oxygens (including phenoxy) is 2. The van der Waals surface area contributed by atoms with Crippen LogP contribution in [0.15, 0.2) is 42.5 Å². The minimum atomic E-state index is -0.714. The number of hydrogen-bond acceptors (Lipinski definition) is 6. The molecule has 1 heterocycles. The topological polar surface area (TPSA) is 109 Å². The molecule has 30 heavy (non-hydrogen) atoms. The van der Waals surface area contributed by atoms with Crippen molar-refractivity contribution in [1.29, 1.82) is 0 Å². The molecule has 0 saturated heterocycles. The Balaban J connectivity index is 1.43. The van der Waals surface area contributed by atoms with E-state index < -0.39 is 23.7 Å². The number of anilines is 2. The van der Waals surface area contributed by atoms with Gasteiger partial charge < -0.3 is 20.1 Å². The predicted molar refractivity (Wildman–Crippen MR) is 107 cm³/mol. The molecule has 0 spiro atoms. The molecule has 0 bridgehead atoms. The second kappa shape index (κ2) is 9.70. The number of nitrogens with zero attached hydrogens (tertiary/aromatic N) is 1. The average molecular weight is 416 g/mol. The Bertz CT molecular complexity index is 953. The van der Waals surface area contributed by atoms with Gasteiger partial charge in [0.25, 0.3) is 0 Å². The molecule has 0 saturated carbocycles. The van der Waals surface area contributed by atoms with Gasteiger partial charge in [-0.3, -0.25) is 19.8 Å². The summed E-state index contributed by atoms with van der Waals surface area (Å²) in [7, 11) is 1.55. The quantitative estimate of drug-likeness (QED) is 0.663. The number of nitrogens with one attached hydrogen (secondary N) is 3. The number of urea groups is 1. The van der Waals surface area contributed by atoms with Crippen LogP contribution in [-0.4, -0.2) is 56.1 Å². The van der Waals surface area contributed by atoms with Crippen molar-refractivity contribution >= 4 is 29.2 Å². The molecule has 0 aliphatic carbocycles. The molecule has 2 aromatic rings. The molecule has 9 nitrogen and oxygen atoms in total. The van der Waals surface area contributed by atoms with E-state index >= 15 is 0 Å². The minimum absolute atomic E-state index is 0.117. The van der Waals surface area contributed by atoms with Gasteiger partial charge in [-0.15, -0.1) is 0 Å². The first-order valence-electron chi connectivity index (χ1n) is 9.13. The van der Waals surface area contributed by atoms with E-state index in [2.05, 4.69) is 16.0 Å². The smallest absolute Gasteiger partial charge is 0.325 e. The zero-order chi connectivity index (χ0) is 21.5. The number of hydrogen-bond donors (Lipinski definition) is 3. The highest BCUT2D eigenvalue weighted by atomic mass is 19.1. The average Bonchev–Trinajstić information content (AvgIpc) is 2.67. The zero-order valence-corrected chi connectivity index (χ0v) is 16.2. The van der Waals surface area contributed by atoms with Gasteiger partial charge in [0.05, 0.1) is 13.1 Å². The third kappa shape index (κ3) is 6.17. The van der Waals surface area contributed by atoms with E-state index in [0.29, 0.717) is 36.1 Å². The first-order valence-corrected chi connectivity index (χ1v) is 9.13. The lowest BCUT2D eigenvalue weighted by molar-refractivity contribution is -0.121. The van der Waals surface area contributed by atoms with E-state index in [9.17, 15) is 18.8 Å². The van der Waals surface area contributed by atoms with Crippen LogP contribution < -0.4 is 25.4 Å². The van der Waals surface area contributed by atoms with Crippen LogP contribution in [0.25, 0.3) is 0 Å². The molecule has 1 aliphatic rings. The van der Waals surface area contributed by atoms with Crippen LogP contribution in [0.1, 0.15) is 0 Å². The molecular formula is C20H21FN4O5. The molecule has 0 atom stereocenters. The molecule has 158 valence electrons. The summed E-state index contributed by atoms with van der Waals surface area (Å²) in [6.45, 7) is 0.571. The second-order valence-electron chi connectivity index (χ2n) is 6.59. The Hall–Kier alpha value is -3.66. The van der Waals surface area contributed by atoms with Gasteiger partial charge in [-0.05, 0) is 37.4 Å². The number of fused-ring (bicyclic) bond motifs is 1. The van der Waals surface area contributed by atoms with Crippen molar-refractivity contribution in [2.45, 2.75) is 0 Å². The normalized spacial score (nSPS) is 12.2. The zero-order valence-electron chi connectivity index (χ0n) is 16.2. The van der Waals surface area contributed by atoms with Crippen molar-refractivity contribution < 1.29 is 28.2 Å². The molecule has 0 fully saturated rings. The van der Waals surface area contributed by atoms with Gasteiger partial charge in [0.15, 0.2) is 11.5 Å². The van der Waals surface area contributed by atoms with Crippen LogP contribution in [0.2, 0.25) is 0 Å². The summed E-state index contributed by atoms with van der Waals surface area (Å²) in [6, 6.07) is 9.65. The van der Waals surface area contributed by atoms with Crippen LogP contribution in [0, 0.1) is 5.82 Å². The van der Waals surface area contributed by atoms with E-state index in [1.54, 1.807) is 31.3 Å². The Kier molecular flexibility index (Phi) is 6.81. The predicted octanol–water partition coefficient (Wildman–Crippen LogP) is 1.82. The number of imide groups is 1. The Morgan fingerprint density at radius 3 is 2.40 bits per heavy atom. The lowest BCUT2D eigenvalue weighted by Gasteiger charge is -2.19.